The first-order chi connectivity index (χ1) is 5.79. The van der Waals surface area contributed by atoms with E-state index in [1.807, 2.05) is 0 Å². The third kappa shape index (κ3) is 3.99. The Hall–Kier alpha value is -0.190. The van der Waals surface area contributed by atoms with E-state index >= 15 is 0 Å². The largest absolute Gasteiger partial charge is 0.393 e. The van der Waals surface area contributed by atoms with Crippen LogP contribution in [-0.2, 0) is 9.47 Å². The fraction of sp³-hybridized carbons (Fsp3) is 0.875. The van der Waals surface area contributed by atoms with Crippen molar-refractivity contribution in [2.75, 3.05) is 19.8 Å². The predicted octanol–water partition coefficient (Wildman–Crippen LogP) is 0.858. The maximum absolute atomic E-state index is 5.51. The van der Waals surface area contributed by atoms with E-state index in [9.17, 15) is 0 Å². The van der Waals surface area contributed by atoms with Crippen molar-refractivity contribution in [2.24, 2.45) is 5.73 Å². The molecule has 0 bridgehead atoms. The van der Waals surface area contributed by atoms with E-state index in [1.54, 1.807) is 0 Å². The van der Waals surface area contributed by atoms with Gasteiger partial charge in [0, 0.05) is 13.2 Å². The zero-order valence-electron chi connectivity index (χ0n) is 7.12. The van der Waals surface area contributed by atoms with Crippen LogP contribution in [0.4, 0.5) is 0 Å². The van der Waals surface area contributed by atoms with Gasteiger partial charge in [-0.15, -0.1) is 0 Å². The van der Waals surface area contributed by atoms with Crippen molar-refractivity contribution in [2.45, 2.75) is 25.4 Å². The molecule has 1 unspecified atom stereocenters. The van der Waals surface area contributed by atoms with Gasteiger partial charge in [0.1, 0.15) is 0 Å². The van der Waals surface area contributed by atoms with E-state index in [1.165, 1.54) is 0 Å². The molecule has 0 aliphatic carbocycles. The quantitative estimate of drug-likeness (QED) is 0.514. The fourth-order valence-corrected chi connectivity index (χ4v) is 1.29. The maximum Gasteiger partial charge on any atom is 0.0830 e. The van der Waals surface area contributed by atoms with Crippen molar-refractivity contribution in [3.8, 4) is 0 Å². The molecule has 0 amide bonds. The van der Waals surface area contributed by atoms with Crippen molar-refractivity contribution >= 4 is 17.2 Å². The molecule has 1 atom stereocenters. The monoisotopic (exact) mass is 189 g/mol. The number of hydrogen-bond acceptors (Lipinski definition) is 3. The first kappa shape index (κ1) is 9.89. The predicted molar refractivity (Wildman–Crippen MR) is 51.2 cm³/mol. The molecule has 70 valence electrons. The Morgan fingerprint density at radius 2 is 2.50 bits per heavy atom. The van der Waals surface area contributed by atoms with E-state index in [0.29, 0.717) is 11.1 Å². The van der Waals surface area contributed by atoms with Crippen molar-refractivity contribution in [3.05, 3.63) is 0 Å². The minimum atomic E-state index is 0.302. The lowest BCUT2D eigenvalue weighted by Crippen LogP contribution is -2.15. The van der Waals surface area contributed by atoms with Crippen LogP contribution in [-0.4, -0.2) is 30.9 Å². The van der Waals surface area contributed by atoms with Gasteiger partial charge in [-0.2, -0.15) is 0 Å². The molecule has 1 fully saturated rings. The highest BCUT2D eigenvalue weighted by molar-refractivity contribution is 7.80. The SMILES string of the molecule is NC(=S)CCCOC1CCOC1. The molecular weight excluding hydrogens is 174 g/mol. The van der Waals surface area contributed by atoms with Crippen LogP contribution in [0.3, 0.4) is 0 Å². The minimum Gasteiger partial charge on any atom is -0.393 e. The van der Waals surface area contributed by atoms with Crippen LogP contribution in [0, 0.1) is 0 Å². The summed E-state index contributed by atoms with van der Waals surface area (Å²) in [5.74, 6) is 0. The summed E-state index contributed by atoms with van der Waals surface area (Å²) >= 11 is 4.74. The van der Waals surface area contributed by atoms with Crippen molar-refractivity contribution in [1.29, 1.82) is 0 Å². The second-order valence-electron chi connectivity index (χ2n) is 2.93. The van der Waals surface area contributed by atoms with E-state index in [2.05, 4.69) is 0 Å². The summed E-state index contributed by atoms with van der Waals surface area (Å²) in [7, 11) is 0. The van der Waals surface area contributed by atoms with Crippen LogP contribution in [0.25, 0.3) is 0 Å². The molecular formula is C8H15NO2S. The van der Waals surface area contributed by atoms with Gasteiger partial charge in [0.15, 0.2) is 0 Å². The maximum atomic E-state index is 5.51. The Balaban J connectivity index is 1.91. The number of ether oxygens (including phenoxy) is 2. The summed E-state index contributed by atoms with van der Waals surface area (Å²) in [5.41, 5.74) is 5.34. The molecule has 0 radical (unpaired) electrons. The summed E-state index contributed by atoms with van der Waals surface area (Å²) < 4.78 is 10.7. The van der Waals surface area contributed by atoms with Crippen LogP contribution in [0.1, 0.15) is 19.3 Å². The molecule has 0 spiro atoms. The highest BCUT2D eigenvalue weighted by Gasteiger charge is 2.15. The van der Waals surface area contributed by atoms with Crippen molar-refractivity contribution in [3.63, 3.8) is 0 Å². The summed E-state index contributed by atoms with van der Waals surface area (Å²) in [6.45, 7) is 2.32. The molecule has 1 rings (SSSR count). The summed E-state index contributed by atoms with van der Waals surface area (Å²) in [4.78, 5) is 0.571. The molecule has 1 aliphatic heterocycles. The van der Waals surface area contributed by atoms with E-state index in [-0.39, 0.29) is 0 Å². The van der Waals surface area contributed by atoms with E-state index in [4.69, 9.17) is 27.4 Å². The smallest absolute Gasteiger partial charge is 0.0830 e. The molecule has 0 aromatic carbocycles. The minimum absolute atomic E-state index is 0.302. The summed E-state index contributed by atoms with van der Waals surface area (Å²) in [5, 5.41) is 0. The van der Waals surface area contributed by atoms with E-state index in [0.717, 1.165) is 39.1 Å². The molecule has 0 saturated carbocycles. The zero-order chi connectivity index (χ0) is 8.81. The Bertz CT molecular complexity index is 146. The fourth-order valence-electron chi connectivity index (χ4n) is 1.14. The van der Waals surface area contributed by atoms with Crippen molar-refractivity contribution in [1.82, 2.24) is 0 Å². The van der Waals surface area contributed by atoms with Gasteiger partial charge in [0.2, 0.25) is 0 Å². The summed E-state index contributed by atoms with van der Waals surface area (Å²) in [6, 6.07) is 0. The molecule has 3 nitrogen and oxygen atoms in total. The Morgan fingerprint density at radius 1 is 1.67 bits per heavy atom. The molecule has 2 N–H and O–H groups in total. The lowest BCUT2D eigenvalue weighted by Gasteiger charge is -2.08. The molecule has 12 heavy (non-hydrogen) atoms. The van der Waals surface area contributed by atoms with Crippen LogP contribution < -0.4 is 5.73 Å². The van der Waals surface area contributed by atoms with Crippen LogP contribution in [0.5, 0.6) is 0 Å². The second-order valence-corrected chi connectivity index (χ2v) is 3.45. The van der Waals surface area contributed by atoms with Gasteiger partial charge in [-0.3, -0.25) is 0 Å². The van der Waals surface area contributed by atoms with Gasteiger partial charge in [0.05, 0.1) is 17.7 Å². The third-order valence-corrected chi connectivity index (χ3v) is 2.01. The van der Waals surface area contributed by atoms with Crippen LogP contribution >= 0.6 is 12.2 Å². The van der Waals surface area contributed by atoms with Crippen molar-refractivity contribution < 1.29 is 9.47 Å². The highest BCUT2D eigenvalue weighted by Crippen LogP contribution is 2.08. The van der Waals surface area contributed by atoms with Gasteiger partial charge < -0.3 is 15.2 Å². The lowest BCUT2D eigenvalue weighted by atomic mass is 10.3. The van der Waals surface area contributed by atoms with Gasteiger partial charge in [-0.05, 0) is 19.3 Å². The molecule has 0 aromatic heterocycles. The first-order valence-corrected chi connectivity index (χ1v) is 4.67. The van der Waals surface area contributed by atoms with Crippen LogP contribution in [0.2, 0.25) is 0 Å². The van der Waals surface area contributed by atoms with Gasteiger partial charge in [0.25, 0.3) is 0 Å². The second kappa shape index (κ2) is 5.45. The van der Waals surface area contributed by atoms with Gasteiger partial charge >= 0.3 is 0 Å². The Kier molecular flexibility index (Phi) is 4.50. The molecule has 1 aliphatic rings. The average molecular weight is 189 g/mol. The zero-order valence-corrected chi connectivity index (χ0v) is 7.94. The highest BCUT2D eigenvalue weighted by atomic mass is 32.1. The number of hydrogen-bond donors (Lipinski definition) is 1. The first-order valence-electron chi connectivity index (χ1n) is 4.26. The number of rotatable bonds is 5. The van der Waals surface area contributed by atoms with Gasteiger partial charge in [-0.25, -0.2) is 0 Å². The van der Waals surface area contributed by atoms with Crippen LogP contribution in [0.15, 0.2) is 0 Å². The van der Waals surface area contributed by atoms with E-state index < -0.39 is 0 Å². The lowest BCUT2D eigenvalue weighted by molar-refractivity contribution is 0.0422. The molecule has 4 heteroatoms. The Morgan fingerprint density at radius 3 is 3.08 bits per heavy atom. The third-order valence-electron chi connectivity index (χ3n) is 1.81. The molecule has 1 heterocycles. The average Bonchev–Trinajstić information content (AvgIpc) is 2.49. The normalized spacial score (nSPS) is 22.8. The number of nitrogens with two attached hydrogens (primary N) is 1. The number of thiocarbonyl (C=S) groups is 1. The standard InChI is InChI=1S/C8H15NO2S/c9-8(12)2-1-4-11-7-3-5-10-6-7/h7H,1-6H2,(H2,9,12). The summed E-state index contributed by atoms with van der Waals surface area (Å²) in [6.07, 6.45) is 3.03. The molecule has 0 aromatic rings. The van der Waals surface area contributed by atoms with Gasteiger partial charge in [-0.1, -0.05) is 12.2 Å². The molecule has 1 saturated heterocycles. The topological polar surface area (TPSA) is 44.5 Å². The Labute approximate surface area is 78.2 Å².